The third-order valence-corrected chi connectivity index (χ3v) is 1.85. The zero-order chi connectivity index (χ0) is 10.6. The number of aliphatic carboxylic acids is 1. The first-order valence-corrected chi connectivity index (χ1v) is 4.29. The minimum absolute atomic E-state index is 0.149. The van der Waals surface area contributed by atoms with Gasteiger partial charge >= 0.3 is 5.97 Å². The number of hydrogen-bond donors (Lipinski definition) is 1. The molecule has 0 aromatic carbocycles. The van der Waals surface area contributed by atoms with Crippen LogP contribution in [-0.2, 0) is 14.3 Å². The van der Waals surface area contributed by atoms with Crippen LogP contribution in [0.5, 0.6) is 0 Å². The largest absolute Gasteiger partial charge is 0.479 e. The molecule has 0 bridgehead atoms. The molecule has 1 N–H and O–H groups in total. The summed E-state index contributed by atoms with van der Waals surface area (Å²) in [6, 6.07) is 0. The highest BCUT2D eigenvalue weighted by Crippen LogP contribution is 2.20. The molecule has 0 radical (unpaired) electrons. The first-order valence-electron chi connectivity index (χ1n) is 4.29. The van der Waals surface area contributed by atoms with Crippen molar-refractivity contribution in [2.75, 3.05) is 0 Å². The molecule has 0 spiro atoms. The Morgan fingerprint density at radius 3 is 2.00 bits per heavy atom. The van der Waals surface area contributed by atoms with Crippen molar-refractivity contribution in [1.82, 2.24) is 0 Å². The van der Waals surface area contributed by atoms with E-state index >= 15 is 0 Å². The fourth-order valence-electron chi connectivity index (χ4n) is 1.17. The number of ether oxygens (including phenoxy) is 1. The van der Waals surface area contributed by atoms with Crippen molar-refractivity contribution >= 4 is 11.8 Å². The quantitative estimate of drug-likeness (QED) is 0.659. The SMILES string of the molecule is CCC(OC(C)C)(C(C)=O)C(=O)O. The van der Waals surface area contributed by atoms with E-state index < -0.39 is 17.4 Å². The van der Waals surface area contributed by atoms with Crippen LogP contribution in [0.15, 0.2) is 0 Å². The molecule has 4 nitrogen and oxygen atoms in total. The average molecular weight is 188 g/mol. The molecule has 0 fully saturated rings. The Balaban J connectivity index is 4.87. The summed E-state index contributed by atoms with van der Waals surface area (Å²) in [5.41, 5.74) is -1.66. The van der Waals surface area contributed by atoms with Crippen LogP contribution in [0.1, 0.15) is 34.1 Å². The van der Waals surface area contributed by atoms with Crippen molar-refractivity contribution in [3.63, 3.8) is 0 Å². The van der Waals surface area contributed by atoms with Crippen molar-refractivity contribution < 1.29 is 19.4 Å². The summed E-state index contributed by atoms with van der Waals surface area (Å²) in [6.07, 6.45) is -0.129. The van der Waals surface area contributed by atoms with E-state index in [2.05, 4.69) is 0 Å². The van der Waals surface area contributed by atoms with Gasteiger partial charge < -0.3 is 9.84 Å². The molecular formula is C9H16O4. The fraction of sp³-hybridized carbons (Fsp3) is 0.778. The van der Waals surface area contributed by atoms with E-state index in [1.165, 1.54) is 6.92 Å². The normalized spacial score (nSPS) is 15.5. The molecule has 0 aromatic rings. The van der Waals surface area contributed by atoms with Gasteiger partial charge in [0.25, 0.3) is 0 Å². The predicted octanol–water partition coefficient (Wildman–Crippen LogP) is 1.23. The summed E-state index contributed by atoms with van der Waals surface area (Å²) < 4.78 is 5.16. The summed E-state index contributed by atoms with van der Waals surface area (Å²) >= 11 is 0. The molecular weight excluding hydrogens is 172 g/mol. The molecule has 1 atom stereocenters. The molecule has 4 heteroatoms. The maximum atomic E-state index is 11.2. The second kappa shape index (κ2) is 4.37. The lowest BCUT2D eigenvalue weighted by molar-refractivity contribution is -0.177. The molecule has 0 aliphatic heterocycles. The fourth-order valence-corrected chi connectivity index (χ4v) is 1.17. The van der Waals surface area contributed by atoms with Gasteiger partial charge in [-0.15, -0.1) is 0 Å². The number of Topliss-reactive ketones (excluding diaryl/α,β-unsaturated/α-hetero) is 1. The molecule has 0 amide bonds. The predicted molar refractivity (Wildman–Crippen MR) is 47.6 cm³/mol. The van der Waals surface area contributed by atoms with Gasteiger partial charge in [-0.05, 0) is 27.2 Å². The van der Waals surface area contributed by atoms with Gasteiger partial charge in [-0.25, -0.2) is 4.79 Å². The molecule has 0 saturated carbocycles. The topological polar surface area (TPSA) is 63.6 Å². The smallest absolute Gasteiger partial charge is 0.343 e. The van der Waals surface area contributed by atoms with E-state index in [4.69, 9.17) is 9.84 Å². The lowest BCUT2D eigenvalue weighted by Gasteiger charge is -2.27. The number of rotatable bonds is 5. The highest BCUT2D eigenvalue weighted by Gasteiger charge is 2.43. The summed E-state index contributed by atoms with van der Waals surface area (Å²) in [4.78, 5) is 22.1. The highest BCUT2D eigenvalue weighted by atomic mass is 16.5. The van der Waals surface area contributed by atoms with Crippen LogP contribution < -0.4 is 0 Å². The van der Waals surface area contributed by atoms with Gasteiger partial charge in [0, 0.05) is 0 Å². The third-order valence-electron chi connectivity index (χ3n) is 1.85. The molecule has 0 aliphatic carbocycles. The zero-order valence-electron chi connectivity index (χ0n) is 8.46. The van der Waals surface area contributed by atoms with Crippen LogP contribution in [0.4, 0.5) is 0 Å². The van der Waals surface area contributed by atoms with Crippen molar-refractivity contribution in [2.45, 2.75) is 45.8 Å². The maximum Gasteiger partial charge on any atom is 0.343 e. The van der Waals surface area contributed by atoms with E-state index in [1.54, 1.807) is 20.8 Å². The average Bonchev–Trinajstić information content (AvgIpc) is 1.98. The van der Waals surface area contributed by atoms with Gasteiger partial charge in [0.1, 0.15) is 0 Å². The number of carbonyl (C=O) groups excluding carboxylic acids is 1. The van der Waals surface area contributed by atoms with Crippen LogP contribution in [0.25, 0.3) is 0 Å². The number of hydrogen-bond acceptors (Lipinski definition) is 3. The van der Waals surface area contributed by atoms with Crippen LogP contribution in [0, 0.1) is 0 Å². The van der Waals surface area contributed by atoms with Crippen molar-refractivity contribution in [2.24, 2.45) is 0 Å². The van der Waals surface area contributed by atoms with E-state index in [1.807, 2.05) is 0 Å². The highest BCUT2D eigenvalue weighted by molar-refractivity contribution is 6.05. The van der Waals surface area contributed by atoms with Crippen LogP contribution >= 0.6 is 0 Å². The monoisotopic (exact) mass is 188 g/mol. The van der Waals surface area contributed by atoms with Crippen molar-refractivity contribution in [1.29, 1.82) is 0 Å². The number of carboxylic acids is 1. The number of carbonyl (C=O) groups is 2. The van der Waals surface area contributed by atoms with Crippen LogP contribution in [0.2, 0.25) is 0 Å². The van der Waals surface area contributed by atoms with E-state index in [9.17, 15) is 9.59 Å². The lowest BCUT2D eigenvalue weighted by atomic mass is 9.96. The zero-order valence-corrected chi connectivity index (χ0v) is 8.46. The molecule has 0 heterocycles. The maximum absolute atomic E-state index is 11.2. The standard InChI is InChI=1S/C9H16O4/c1-5-9(7(4)10,8(11)12)13-6(2)3/h6H,5H2,1-4H3,(H,11,12). The molecule has 76 valence electrons. The third kappa shape index (κ3) is 2.52. The molecule has 0 saturated heterocycles. The Bertz CT molecular complexity index is 194. The summed E-state index contributed by atoms with van der Waals surface area (Å²) in [5.74, 6) is -1.67. The second-order valence-corrected chi connectivity index (χ2v) is 3.21. The minimum atomic E-state index is -1.66. The Morgan fingerprint density at radius 2 is 1.92 bits per heavy atom. The molecule has 0 aliphatic rings. The van der Waals surface area contributed by atoms with E-state index in [-0.39, 0.29) is 12.5 Å². The van der Waals surface area contributed by atoms with Gasteiger partial charge in [0.15, 0.2) is 5.78 Å². The molecule has 1 unspecified atom stereocenters. The van der Waals surface area contributed by atoms with E-state index in [0.717, 1.165) is 0 Å². The Hall–Kier alpha value is -0.900. The first-order chi connectivity index (χ1) is 5.86. The van der Waals surface area contributed by atoms with Crippen LogP contribution in [0.3, 0.4) is 0 Å². The van der Waals surface area contributed by atoms with Crippen molar-refractivity contribution in [3.05, 3.63) is 0 Å². The summed E-state index contributed by atoms with van der Waals surface area (Å²) in [5, 5.41) is 8.90. The first kappa shape index (κ1) is 12.1. The van der Waals surface area contributed by atoms with Crippen LogP contribution in [-0.4, -0.2) is 28.6 Å². The summed E-state index contributed by atoms with van der Waals surface area (Å²) in [7, 11) is 0. The lowest BCUT2D eigenvalue weighted by Crippen LogP contribution is -2.49. The Morgan fingerprint density at radius 1 is 1.46 bits per heavy atom. The van der Waals surface area contributed by atoms with Gasteiger partial charge in [0.2, 0.25) is 5.60 Å². The Labute approximate surface area is 77.9 Å². The van der Waals surface area contributed by atoms with Gasteiger partial charge in [-0.3, -0.25) is 4.79 Å². The summed E-state index contributed by atoms with van der Waals surface area (Å²) in [6.45, 7) is 6.27. The Kier molecular flexibility index (Phi) is 4.07. The van der Waals surface area contributed by atoms with E-state index in [0.29, 0.717) is 0 Å². The van der Waals surface area contributed by atoms with Gasteiger partial charge in [-0.2, -0.15) is 0 Å². The second-order valence-electron chi connectivity index (χ2n) is 3.21. The van der Waals surface area contributed by atoms with Crippen molar-refractivity contribution in [3.8, 4) is 0 Å². The van der Waals surface area contributed by atoms with Gasteiger partial charge in [0.05, 0.1) is 6.10 Å². The molecule has 0 aromatic heterocycles. The molecule has 0 rings (SSSR count). The number of ketones is 1. The minimum Gasteiger partial charge on any atom is -0.479 e. The number of carboxylic acid groups (broad SMARTS) is 1. The molecule has 13 heavy (non-hydrogen) atoms. The van der Waals surface area contributed by atoms with Gasteiger partial charge in [-0.1, -0.05) is 6.92 Å².